The number of ether oxygens (including phenoxy) is 1. The second-order valence-electron chi connectivity index (χ2n) is 4.98. The van der Waals surface area contributed by atoms with E-state index in [1.54, 1.807) is 0 Å². The van der Waals surface area contributed by atoms with E-state index in [4.69, 9.17) is 4.74 Å². The summed E-state index contributed by atoms with van der Waals surface area (Å²) in [4.78, 5) is 13.9. The summed E-state index contributed by atoms with van der Waals surface area (Å²) < 4.78 is 32.6. The molecule has 1 heterocycles. The topological polar surface area (TPSA) is 29.5 Å². The Labute approximate surface area is 117 Å². The monoisotopic (exact) mass is 283 g/mol. The van der Waals surface area contributed by atoms with Crippen LogP contribution in [0.15, 0.2) is 18.2 Å². The molecule has 1 aromatic carbocycles. The zero-order chi connectivity index (χ0) is 14.5. The molecule has 2 rings (SSSR count). The van der Waals surface area contributed by atoms with Crippen LogP contribution in [0, 0.1) is 11.6 Å². The third kappa shape index (κ3) is 3.61. The van der Waals surface area contributed by atoms with Gasteiger partial charge in [0.2, 0.25) is 0 Å². The number of carbonyl (C=O) groups excluding carboxylic acids is 1. The fourth-order valence-corrected chi connectivity index (χ4v) is 2.43. The van der Waals surface area contributed by atoms with E-state index < -0.39 is 23.0 Å². The van der Waals surface area contributed by atoms with Crippen molar-refractivity contribution in [3.05, 3.63) is 35.4 Å². The summed E-state index contributed by atoms with van der Waals surface area (Å²) >= 11 is 0. The molecule has 110 valence electrons. The minimum Gasteiger partial charge on any atom is -0.377 e. The molecule has 0 amide bonds. The number of hydrogen-bond acceptors (Lipinski definition) is 3. The maximum atomic E-state index is 13.6. The maximum absolute atomic E-state index is 13.6. The van der Waals surface area contributed by atoms with Crippen LogP contribution >= 0.6 is 0 Å². The average Bonchev–Trinajstić information content (AvgIpc) is 2.90. The van der Waals surface area contributed by atoms with Gasteiger partial charge in [-0.3, -0.25) is 9.69 Å². The highest BCUT2D eigenvalue weighted by atomic mass is 19.1. The van der Waals surface area contributed by atoms with Gasteiger partial charge in [-0.1, -0.05) is 13.0 Å². The molecule has 0 radical (unpaired) electrons. The number of Topliss-reactive ketones (excluding diaryl/α,β-unsaturated/α-hetero) is 1. The van der Waals surface area contributed by atoms with Gasteiger partial charge in [0.25, 0.3) is 0 Å². The van der Waals surface area contributed by atoms with Crippen LogP contribution in [0.2, 0.25) is 0 Å². The zero-order valence-corrected chi connectivity index (χ0v) is 11.6. The molecule has 0 spiro atoms. The van der Waals surface area contributed by atoms with Gasteiger partial charge in [0, 0.05) is 13.2 Å². The molecular weight excluding hydrogens is 264 g/mol. The van der Waals surface area contributed by atoms with Gasteiger partial charge in [0.1, 0.15) is 11.6 Å². The zero-order valence-electron chi connectivity index (χ0n) is 11.6. The molecule has 1 aliphatic rings. The molecule has 0 N–H and O–H groups in total. The number of likely N-dealkylation sites (N-methyl/N-ethyl adjacent to an activating group) is 1. The smallest absolute Gasteiger partial charge is 0.182 e. The molecular formula is C15H19F2NO2. The van der Waals surface area contributed by atoms with E-state index in [0.717, 1.165) is 31.6 Å². The van der Waals surface area contributed by atoms with Gasteiger partial charge in [-0.25, -0.2) is 8.78 Å². The van der Waals surface area contributed by atoms with Crippen molar-refractivity contribution in [1.82, 2.24) is 4.90 Å². The fourth-order valence-electron chi connectivity index (χ4n) is 2.43. The van der Waals surface area contributed by atoms with Gasteiger partial charge < -0.3 is 4.74 Å². The number of hydrogen-bond donors (Lipinski definition) is 0. The summed E-state index contributed by atoms with van der Waals surface area (Å²) in [7, 11) is 0. The van der Waals surface area contributed by atoms with E-state index >= 15 is 0 Å². The summed E-state index contributed by atoms with van der Waals surface area (Å²) in [5.74, 6) is -2.13. The number of ketones is 1. The molecule has 0 saturated carbocycles. The number of nitrogens with zero attached hydrogens (tertiary/aromatic N) is 1. The Morgan fingerprint density at radius 1 is 1.40 bits per heavy atom. The number of benzene rings is 1. The third-order valence-electron chi connectivity index (χ3n) is 3.54. The standard InChI is InChI=1S/C15H19F2NO2/c1-2-18(9-11-5-4-8-20-11)10-14(19)15-12(16)6-3-7-13(15)17/h3,6-7,11H,2,4-5,8-10H2,1H3. The molecule has 1 unspecified atom stereocenters. The first-order chi connectivity index (χ1) is 9.61. The molecule has 0 aliphatic carbocycles. The van der Waals surface area contributed by atoms with Gasteiger partial charge >= 0.3 is 0 Å². The van der Waals surface area contributed by atoms with E-state index in [9.17, 15) is 13.6 Å². The molecule has 0 bridgehead atoms. The third-order valence-corrected chi connectivity index (χ3v) is 3.54. The van der Waals surface area contributed by atoms with Crippen LogP contribution in [-0.2, 0) is 4.74 Å². The first-order valence-electron chi connectivity index (χ1n) is 6.93. The van der Waals surface area contributed by atoms with Crippen LogP contribution in [0.1, 0.15) is 30.1 Å². The Morgan fingerprint density at radius 2 is 2.10 bits per heavy atom. The molecule has 20 heavy (non-hydrogen) atoms. The van der Waals surface area contributed by atoms with E-state index in [0.29, 0.717) is 13.1 Å². The first-order valence-corrected chi connectivity index (χ1v) is 6.93. The van der Waals surface area contributed by atoms with E-state index in [2.05, 4.69) is 0 Å². The second-order valence-corrected chi connectivity index (χ2v) is 4.98. The quantitative estimate of drug-likeness (QED) is 0.752. The Morgan fingerprint density at radius 3 is 2.65 bits per heavy atom. The van der Waals surface area contributed by atoms with Gasteiger partial charge in [0.15, 0.2) is 5.78 Å². The van der Waals surface area contributed by atoms with Crippen molar-refractivity contribution < 1.29 is 18.3 Å². The largest absolute Gasteiger partial charge is 0.377 e. The molecule has 1 fully saturated rings. The lowest BCUT2D eigenvalue weighted by Gasteiger charge is -2.23. The summed E-state index contributed by atoms with van der Waals surface area (Å²) in [5.41, 5.74) is -0.446. The summed E-state index contributed by atoms with van der Waals surface area (Å²) in [6.07, 6.45) is 2.12. The molecule has 1 aliphatic heterocycles. The Hall–Kier alpha value is -1.33. The van der Waals surface area contributed by atoms with E-state index in [1.807, 2.05) is 11.8 Å². The van der Waals surface area contributed by atoms with Crippen LogP contribution in [-0.4, -0.2) is 43.0 Å². The number of carbonyl (C=O) groups is 1. The van der Waals surface area contributed by atoms with Crippen molar-refractivity contribution in [2.75, 3.05) is 26.2 Å². The van der Waals surface area contributed by atoms with Crippen LogP contribution < -0.4 is 0 Å². The Bertz CT molecular complexity index is 453. The fraction of sp³-hybridized carbons (Fsp3) is 0.533. The predicted octanol–water partition coefficient (Wildman–Crippen LogP) is 2.65. The van der Waals surface area contributed by atoms with Crippen molar-refractivity contribution in [3.8, 4) is 0 Å². The van der Waals surface area contributed by atoms with Gasteiger partial charge in [-0.05, 0) is 31.5 Å². The molecule has 5 heteroatoms. The molecule has 1 atom stereocenters. The second kappa shape index (κ2) is 6.90. The Balaban J connectivity index is 2.01. The molecule has 1 saturated heterocycles. The van der Waals surface area contributed by atoms with E-state index in [-0.39, 0.29) is 12.6 Å². The van der Waals surface area contributed by atoms with Crippen molar-refractivity contribution in [1.29, 1.82) is 0 Å². The minimum absolute atomic E-state index is 0.00815. The minimum atomic E-state index is -0.803. The van der Waals surface area contributed by atoms with Gasteiger partial charge in [-0.15, -0.1) is 0 Å². The summed E-state index contributed by atoms with van der Waals surface area (Å²) in [6.45, 7) is 3.94. The highest BCUT2D eigenvalue weighted by Gasteiger charge is 2.23. The van der Waals surface area contributed by atoms with Crippen LogP contribution in [0.25, 0.3) is 0 Å². The SMILES string of the molecule is CCN(CC(=O)c1c(F)cccc1F)CC1CCCO1. The Kier molecular flexibility index (Phi) is 5.20. The van der Waals surface area contributed by atoms with Crippen LogP contribution in [0.3, 0.4) is 0 Å². The number of halogens is 2. The van der Waals surface area contributed by atoms with Gasteiger partial charge in [-0.2, -0.15) is 0 Å². The van der Waals surface area contributed by atoms with Crippen molar-refractivity contribution >= 4 is 5.78 Å². The van der Waals surface area contributed by atoms with Crippen molar-refractivity contribution in [2.24, 2.45) is 0 Å². The summed E-state index contributed by atoms with van der Waals surface area (Å²) in [6, 6.07) is 3.46. The molecule has 1 aromatic rings. The highest BCUT2D eigenvalue weighted by Crippen LogP contribution is 2.16. The van der Waals surface area contributed by atoms with Crippen LogP contribution in [0.4, 0.5) is 8.78 Å². The van der Waals surface area contributed by atoms with Gasteiger partial charge in [0.05, 0.1) is 18.2 Å². The van der Waals surface area contributed by atoms with Crippen LogP contribution in [0.5, 0.6) is 0 Å². The molecule has 3 nitrogen and oxygen atoms in total. The predicted molar refractivity (Wildman–Crippen MR) is 71.8 cm³/mol. The van der Waals surface area contributed by atoms with E-state index in [1.165, 1.54) is 6.07 Å². The lowest BCUT2D eigenvalue weighted by molar-refractivity contribution is 0.0683. The van der Waals surface area contributed by atoms with Crippen molar-refractivity contribution in [2.45, 2.75) is 25.9 Å². The maximum Gasteiger partial charge on any atom is 0.182 e. The lowest BCUT2D eigenvalue weighted by atomic mass is 10.1. The molecule has 0 aromatic heterocycles. The summed E-state index contributed by atoms with van der Waals surface area (Å²) in [5, 5.41) is 0. The number of rotatable bonds is 6. The average molecular weight is 283 g/mol. The van der Waals surface area contributed by atoms with Crippen molar-refractivity contribution in [3.63, 3.8) is 0 Å². The highest BCUT2D eigenvalue weighted by molar-refractivity contribution is 5.98. The normalized spacial score (nSPS) is 18.7. The lowest BCUT2D eigenvalue weighted by Crippen LogP contribution is -2.36. The first kappa shape index (κ1) is 15.1.